The minimum absolute atomic E-state index is 0.242. The molecule has 0 aromatic heterocycles. The van der Waals surface area contributed by atoms with Crippen molar-refractivity contribution in [3.8, 4) is 0 Å². The Hall–Kier alpha value is -2.44. The molecule has 1 aliphatic rings. The first-order valence-corrected chi connectivity index (χ1v) is 7.03. The molecule has 1 unspecified atom stereocenters. The number of rotatable bonds is 2. The highest BCUT2D eigenvalue weighted by molar-refractivity contribution is 5.70. The van der Waals surface area contributed by atoms with Crippen LogP contribution >= 0.6 is 0 Å². The molecule has 0 bridgehead atoms. The largest absolute Gasteiger partial charge is 0.481 e. The number of carbonyl (C=O) groups is 1. The maximum Gasteiger partial charge on any atom is 0.342 e. The van der Waals surface area contributed by atoms with Gasteiger partial charge in [0.15, 0.2) is 0 Å². The average molecular weight is 342 g/mol. The van der Waals surface area contributed by atoms with E-state index in [-0.39, 0.29) is 5.56 Å². The van der Waals surface area contributed by atoms with Crippen molar-refractivity contribution in [1.29, 1.82) is 0 Å². The summed E-state index contributed by atoms with van der Waals surface area (Å²) in [6.45, 7) is 0. The molecule has 126 valence electrons. The first kappa shape index (κ1) is 16.4. The molecule has 24 heavy (non-hydrogen) atoms. The fraction of sp³-hybridized carbons (Fsp3) is 0.235. The summed E-state index contributed by atoms with van der Waals surface area (Å²) in [6, 6.07) is 7.34. The lowest BCUT2D eigenvalue weighted by Crippen LogP contribution is -2.36. The van der Waals surface area contributed by atoms with Crippen LogP contribution in [0.3, 0.4) is 0 Å². The van der Waals surface area contributed by atoms with Crippen LogP contribution in [0.5, 0.6) is 0 Å². The van der Waals surface area contributed by atoms with Gasteiger partial charge in [-0.05, 0) is 17.2 Å². The fourth-order valence-corrected chi connectivity index (χ4v) is 3.14. The van der Waals surface area contributed by atoms with Crippen LogP contribution in [0.2, 0.25) is 0 Å². The number of hydrogen-bond acceptors (Lipinski definition) is 1. The van der Waals surface area contributed by atoms with Gasteiger partial charge < -0.3 is 5.11 Å². The van der Waals surface area contributed by atoms with Crippen LogP contribution in [0.25, 0.3) is 0 Å². The van der Waals surface area contributed by atoms with Gasteiger partial charge >= 0.3 is 17.8 Å². The van der Waals surface area contributed by atoms with Crippen molar-refractivity contribution in [3.63, 3.8) is 0 Å². The van der Waals surface area contributed by atoms with Gasteiger partial charge in [0.25, 0.3) is 0 Å². The second-order valence-corrected chi connectivity index (χ2v) is 5.59. The van der Waals surface area contributed by atoms with Crippen molar-refractivity contribution in [1.82, 2.24) is 0 Å². The maximum atomic E-state index is 14.5. The van der Waals surface area contributed by atoms with E-state index in [9.17, 15) is 26.7 Å². The van der Waals surface area contributed by atoms with Gasteiger partial charge in [-0.3, -0.25) is 4.79 Å². The van der Waals surface area contributed by atoms with Crippen molar-refractivity contribution in [2.24, 2.45) is 0 Å². The summed E-state index contributed by atoms with van der Waals surface area (Å²) < 4.78 is 72.2. The number of aliphatic carboxylic acids is 1. The van der Waals surface area contributed by atoms with Gasteiger partial charge in [0.1, 0.15) is 5.82 Å². The number of halogens is 5. The first-order valence-electron chi connectivity index (χ1n) is 7.03. The molecule has 0 amide bonds. The average Bonchev–Trinajstić information content (AvgIpc) is 2.56. The van der Waals surface area contributed by atoms with E-state index in [1.54, 1.807) is 0 Å². The fourth-order valence-electron chi connectivity index (χ4n) is 3.14. The number of carboxylic acids is 1. The molecule has 0 saturated carbocycles. The van der Waals surface area contributed by atoms with Gasteiger partial charge in [0, 0.05) is 11.5 Å². The Morgan fingerprint density at radius 1 is 0.958 bits per heavy atom. The van der Waals surface area contributed by atoms with E-state index in [0.29, 0.717) is 6.07 Å². The topological polar surface area (TPSA) is 37.3 Å². The first-order chi connectivity index (χ1) is 11.2. The third kappa shape index (κ3) is 2.18. The Morgan fingerprint density at radius 3 is 2.25 bits per heavy atom. The van der Waals surface area contributed by atoms with Crippen LogP contribution in [-0.2, 0) is 16.6 Å². The van der Waals surface area contributed by atoms with Crippen molar-refractivity contribution in [3.05, 3.63) is 70.5 Å². The number of hydrogen-bond donors (Lipinski definition) is 1. The smallest absolute Gasteiger partial charge is 0.342 e. The summed E-state index contributed by atoms with van der Waals surface area (Å²) in [5.41, 5.74) is -3.12. The summed E-state index contributed by atoms with van der Waals surface area (Å²) in [4.78, 5) is 11.1. The lowest BCUT2D eigenvalue weighted by molar-refractivity contribution is -0.224. The normalized spacial score (nSPS) is 20.6. The Kier molecular flexibility index (Phi) is 3.62. The lowest BCUT2D eigenvalue weighted by Gasteiger charge is -2.27. The van der Waals surface area contributed by atoms with Crippen LogP contribution in [0.1, 0.15) is 34.6 Å². The Balaban J connectivity index is 2.43. The van der Waals surface area contributed by atoms with Crippen molar-refractivity contribution < 1.29 is 31.9 Å². The zero-order valence-electron chi connectivity index (χ0n) is 12.1. The van der Waals surface area contributed by atoms with Crippen LogP contribution in [-0.4, -0.2) is 11.1 Å². The third-order valence-electron chi connectivity index (χ3n) is 4.18. The van der Waals surface area contributed by atoms with Gasteiger partial charge in [-0.15, -0.1) is 0 Å². The summed E-state index contributed by atoms with van der Waals surface area (Å²) in [7, 11) is 0. The highest BCUT2D eigenvalue weighted by Crippen LogP contribution is 2.57. The molecule has 1 aliphatic carbocycles. The van der Waals surface area contributed by atoms with Crippen molar-refractivity contribution in [2.45, 2.75) is 24.2 Å². The van der Waals surface area contributed by atoms with Crippen LogP contribution < -0.4 is 0 Å². The highest BCUT2D eigenvalue weighted by Gasteiger charge is 2.63. The van der Waals surface area contributed by atoms with E-state index in [2.05, 4.69) is 0 Å². The van der Waals surface area contributed by atoms with E-state index in [1.165, 1.54) is 12.1 Å². The third-order valence-corrected chi connectivity index (χ3v) is 4.18. The maximum absolute atomic E-state index is 14.5. The molecule has 0 saturated heterocycles. The van der Waals surface area contributed by atoms with Gasteiger partial charge in [0.05, 0.1) is 12.0 Å². The quantitative estimate of drug-likeness (QED) is 0.808. The zero-order chi connectivity index (χ0) is 17.7. The standard InChI is InChI=1S/C17H11F5O2/c18-13-7-3-5-10-11(8-14(23)24)9-4-1-2-6-12(9)16(19,20)17(21,22)15(10)13/h1-7,11H,8H2,(H,23,24). The van der Waals surface area contributed by atoms with Gasteiger partial charge in [-0.25, -0.2) is 4.39 Å². The predicted octanol–water partition coefficient (Wildman–Crippen LogP) is 4.63. The molecule has 1 N–H and O–H groups in total. The van der Waals surface area contributed by atoms with Crippen molar-refractivity contribution in [2.75, 3.05) is 0 Å². The van der Waals surface area contributed by atoms with E-state index in [1.807, 2.05) is 0 Å². The monoisotopic (exact) mass is 342 g/mol. The molecular weight excluding hydrogens is 331 g/mol. The molecule has 3 rings (SSSR count). The summed E-state index contributed by atoms with van der Waals surface area (Å²) in [5.74, 6) is -13.6. The molecule has 1 atom stereocenters. The van der Waals surface area contributed by atoms with Gasteiger partial charge in [-0.1, -0.05) is 36.4 Å². The number of fused-ring (bicyclic) bond motifs is 2. The van der Waals surface area contributed by atoms with Crippen molar-refractivity contribution >= 4 is 5.97 Å². The predicted molar refractivity (Wildman–Crippen MR) is 74.7 cm³/mol. The van der Waals surface area contributed by atoms with Gasteiger partial charge in [-0.2, -0.15) is 17.6 Å². The van der Waals surface area contributed by atoms with E-state index >= 15 is 0 Å². The summed E-state index contributed by atoms with van der Waals surface area (Å²) in [5, 5.41) is 9.07. The lowest BCUT2D eigenvalue weighted by atomic mass is 9.85. The highest BCUT2D eigenvalue weighted by atomic mass is 19.3. The Bertz CT molecular complexity index is 816. The van der Waals surface area contributed by atoms with Gasteiger partial charge in [0.2, 0.25) is 0 Å². The zero-order valence-corrected chi connectivity index (χ0v) is 12.1. The van der Waals surface area contributed by atoms with Crippen LogP contribution in [0, 0.1) is 5.82 Å². The molecule has 7 heteroatoms. The molecule has 0 spiro atoms. The van der Waals surface area contributed by atoms with Crippen LogP contribution in [0.4, 0.5) is 22.0 Å². The van der Waals surface area contributed by atoms with E-state index < -0.39 is 52.7 Å². The molecule has 2 aromatic rings. The molecule has 2 aromatic carbocycles. The molecule has 0 heterocycles. The summed E-state index contributed by atoms with van der Waals surface area (Å²) >= 11 is 0. The molecule has 0 aliphatic heterocycles. The SMILES string of the molecule is O=C(O)CC1c2ccccc2C(F)(F)C(F)(F)c2c(F)cccc21. The minimum atomic E-state index is -4.81. The minimum Gasteiger partial charge on any atom is -0.481 e. The number of alkyl halides is 4. The van der Waals surface area contributed by atoms with E-state index in [4.69, 9.17) is 5.11 Å². The second-order valence-electron chi connectivity index (χ2n) is 5.59. The van der Waals surface area contributed by atoms with E-state index in [0.717, 1.165) is 24.3 Å². The summed E-state index contributed by atoms with van der Waals surface area (Å²) in [6.07, 6.45) is -0.709. The molecule has 0 radical (unpaired) electrons. The number of carboxylic acid groups (broad SMARTS) is 1. The number of benzene rings is 2. The molecule has 2 nitrogen and oxygen atoms in total. The van der Waals surface area contributed by atoms with Crippen LogP contribution in [0.15, 0.2) is 42.5 Å². The second kappa shape index (κ2) is 5.29. The Morgan fingerprint density at radius 2 is 1.58 bits per heavy atom. The Labute approximate surface area is 133 Å². The molecular formula is C17H11F5O2. The molecule has 0 fully saturated rings.